The third-order valence-corrected chi connectivity index (χ3v) is 6.05. The van der Waals surface area contributed by atoms with Gasteiger partial charge in [0.05, 0.1) is 17.3 Å². The molecule has 3 aromatic heterocycles. The van der Waals surface area contributed by atoms with Gasteiger partial charge in [0, 0.05) is 29.8 Å². The SMILES string of the molecule is Cn1cc(C(C)(Cc2c(F)ccc(NC(=O)c3nn[nH]n3)c2F)c2nc(C#N)cs2)cn1. The van der Waals surface area contributed by atoms with E-state index in [1.165, 1.54) is 11.3 Å². The number of tetrazole rings is 1. The molecule has 4 aromatic rings. The molecule has 4 rings (SSSR count). The lowest BCUT2D eigenvalue weighted by atomic mass is 9.78. The lowest BCUT2D eigenvalue weighted by Crippen LogP contribution is -2.28. The number of carbonyl (C=O) groups excluding carboxylic acids is 1. The molecule has 0 aliphatic rings. The first-order valence-electron chi connectivity index (χ1n) is 9.18. The Morgan fingerprint density at radius 3 is 2.84 bits per heavy atom. The number of H-pyrrole nitrogens is 1. The molecule has 0 fully saturated rings. The molecule has 32 heavy (non-hydrogen) atoms. The van der Waals surface area contributed by atoms with E-state index in [1.54, 1.807) is 36.4 Å². The zero-order valence-electron chi connectivity index (χ0n) is 16.8. The molecule has 0 radical (unpaired) electrons. The minimum atomic E-state index is -0.994. The molecule has 0 aliphatic carbocycles. The van der Waals surface area contributed by atoms with E-state index in [0.29, 0.717) is 10.6 Å². The molecule has 1 amide bonds. The van der Waals surface area contributed by atoms with Crippen LogP contribution in [0.25, 0.3) is 0 Å². The van der Waals surface area contributed by atoms with Crippen LogP contribution in [0.5, 0.6) is 0 Å². The minimum Gasteiger partial charge on any atom is -0.317 e. The van der Waals surface area contributed by atoms with E-state index in [2.05, 4.69) is 36.0 Å². The Morgan fingerprint density at radius 2 is 2.22 bits per heavy atom. The summed E-state index contributed by atoms with van der Waals surface area (Å²) in [6, 6.07) is 4.15. The smallest absolute Gasteiger partial charge is 0.297 e. The zero-order valence-corrected chi connectivity index (χ0v) is 17.6. The molecule has 0 saturated heterocycles. The van der Waals surface area contributed by atoms with Crippen LogP contribution in [-0.4, -0.2) is 41.3 Å². The highest BCUT2D eigenvalue weighted by Crippen LogP contribution is 2.39. The number of amides is 1. The summed E-state index contributed by atoms with van der Waals surface area (Å²) >= 11 is 1.22. The summed E-state index contributed by atoms with van der Waals surface area (Å²) in [5, 5.41) is 30.2. The number of nitriles is 1. The number of nitrogens with zero attached hydrogens (tertiary/aromatic N) is 7. The number of aryl methyl sites for hydroxylation is 1. The Kier molecular flexibility index (Phi) is 5.45. The molecule has 162 valence electrons. The number of aromatic nitrogens is 7. The Hall–Kier alpha value is -4.05. The maximum Gasteiger partial charge on any atom is 0.297 e. The average molecular weight is 455 g/mol. The van der Waals surface area contributed by atoms with Crippen molar-refractivity contribution < 1.29 is 13.6 Å². The fourth-order valence-electron chi connectivity index (χ4n) is 3.23. The lowest BCUT2D eigenvalue weighted by molar-refractivity contribution is 0.101. The van der Waals surface area contributed by atoms with Crippen molar-refractivity contribution in [1.29, 1.82) is 5.26 Å². The van der Waals surface area contributed by atoms with Crippen molar-refractivity contribution in [2.75, 3.05) is 5.32 Å². The quantitative estimate of drug-likeness (QED) is 0.455. The first-order chi connectivity index (χ1) is 15.3. The summed E-state index contributed by atoms with van der Waals surface area (Å²) in [5.41, 5.74) is -0.606. The number of rotatable bonds is 6. The second kappa shape index (κ2) is 8.23. The number of benzene rings is 1. The van der Waals surface area contributed by atoms with Gasteiger partial charge in [0.25, 0.3) is 11.7 Å². The number of carbonyl (C=O) groups is 1. The Balaban J connectivity index is 1.75. The van der Waals surface area contributed by atoms with Gasteiger partial charge in [-0.05, 0) is 30.7 Å². The Bertz CT molecular complexity index is 1330. The molecule has 0 bridgehead atoms. The van der Waals surface area contributed by atoms with E-state index in [1.807, 2.05) is 6.07 Å². The molecule has 0 aliphatic heterocycles. The summed E-state index contributed by atoms with van der Waals surface area (Å²) in [5.74, 6) is -2.81. The topological polar surface area (TPSA) is 138 Å². The zero-order chi connectivity index (χ0) is 22.9. The van der Waals surface area contributed by atoms with Crippen LogP contribution >= 0.6 is 11.3 Å². The summed E-state index contributed by atoms with van der Waals surface area (Å²) < 4.78 is 31.7. The standard InChI is InChI=1S/C19H15F2N9OS/c1-19(10-7-23-30(2)8-10,18-24-11(6-22)9-32-18)5-12-13(20)3-4-14(15(12)21)25-17(31)16-26-28-29-27-16/h3-4,7-9H,5H2,1-2H3,(H,25,31)(H,26,27,28,29). The molecular formula is C19H15F2N9OS. The van der Waals surface area contributed by atoms with Gasteiger partial charge in [-0.3, -0.25) is 9.48 Å². The van der Waals surface area contributed by atoms with Crippen LogP contribution < -0.4 is 5.32 Å². The van der Waals surface area contributed by atoms with Gasteiger partial charge in [0.15, 0.2) is 11.5 Å². The second-order valence-corrected chi connectivity index (χ2v) is 8.00. The van der Waals surface area contributed by atoms with Crippen LogP contribution in [0, 0.1) is 23.0 Å². The highest BCUT2D eigenvalue weighted by molar-refractivity contribution is 7.09. The first-order valence-corrected chi connectivity index (χ1v) is 10.1. The third-order valence-electron chi connectivity index (χ3n) is 4.95. The fraction of sp³-hybridized carbons (Fsp3) is 0.211. The van der Waals surface area contributed by atoms with Gasteiger partial charge in [-0.25, -0.2) is 13.8 Å². The van der Waals surface area contributed by atoms with Gasteiger partial charge in [0.1, 0.15) is 16.9 Å². The van der Waals surface area contributed by atoms with Gasteiger partial charge >= 0.3 is 0 Å². The molecule has 0 spiro atoms. The number of aromatic amines is 1. The van der Waals surface area contributed by atoms with Crippen LogP contribution in [0.2, 0.25) is 0 Å². The normalized spacial score (nSPS) is 12.8. The van der Waals surface area contributed by atoms with Crippen molar-refractivity contribution in [3.05, 3.63) is 69.2 Å². The Labute approximate surface area is 183 Å². The number of hydrogen-bond acceptors (Lipinski definition) is 8. The van der Waals surface area contributed by atoms with Gasteiger partial charge in [-0.15, -0.1) is 21.5 Å². The van der Waals surface area contributed by atoms with Crippen molar-refractivity contribution in [1.82, 2.24) is 35.4 Å². The average Bonchev–Trinajstić information content (AvgIpc) is 3.54. The monoisotopic (exact) mass is 455 g/mol. The summed E-state index contributed by atoms with van der Waals surface area (Å²) in [4.78, 5) is 16.5. The van der Waals surface area contributed by atoms with Gasteiger partial charge in [0.2, 0.25) is 0 Å². The molecule has 2 N–H and O–H groups in total. The van der Waals surface area contributed by atoms with Crippen molar-refractivity contribution in [2.24, 2.45) is 7.05 Å². The maximum atomic E-state index is 15.4. The molecule has 3 heterocycles. The molecule has 1 unspecified atom stereocenters. The van der Waals surface area contributed by atoms with E-state index < -0.39 is 23.0 Å². The lowest BCUT2D eigenvalue weighted by Gasteiger charge is -2.27. The number of nitrogens with one attached hydrogen (secondary N) is 2. The largest absolute Gasteiger partial charge is 0.317 e. The predicted molar refractivity (Wildman–Crippen MR) is 109 cm³/mol. The molecule has 0 saturated carbocycles. The second-order valence-electron chi connectivity index (χ2n) is 7.14. The van der Waals surface area contributed by atoms with Crippen LogP contribution in [-0.2, 0) is 18.9 Å². The number of thiazole rings is 1. The molecule has 13 heteroatoms. The Morgan fingerprint density at radius 1 is 1.41 bits per heavy atom. The van der Waals surface area contributed by atoms with Gasteiger partial charge in [-0.1, -0.05) is 0 Å². The van der Waals surface area contributed by atoms with Crippen molar-refractivity contribution in [3.63, 3.8) is 0 Å². The molecular weight excluding hydrogens is 440 g/mol. The molecule has 10 nitrogen and oxygen atoms in total. The highest BCUT2D eigenvalue weighted by atomic mass is 32.1. The first kappa shape index (κ1) is 21.2. The van der Waals surface area contributed by atoms with Gasteiger partial charge < -0.3 is 5.32 Å². The van der Waals surface area contributed by atoms with E-state index in [0.717, 1.165) is 12.1 Å². The van der Waals surface area contributed by atoms with Crippen LogP contribution in [0.1, 0.15) is 39.4 Å². The van der Waals surface area contributed by atoms with Crippen LogP contribution in [0.3, 0.4) is 0 Å². The third kappa shape index (κ3) is 3.83. The highest BCUT2D eigenvalue weighted by Gasteiger charge is 2.36. The number of halogens is 2. The van der Waals surface area contributed by atoms with Crippen molar-refractivity contribution in [3.8, 4) is 6.07 Å². The summed E-state index contributed by atoms with van der Waals surface area (Å²) in [7, 11) is 1.72. The maximum absolute atomic E-state index is 15.4. The number of hydrogen-bond donors (Lipinski definition) is 2. The van der Waals surface area contributed by atoms with Crippen LogP contribution in [0.15, 0.2) is 29.9 Å². The minimum absolute atomic E-state index is 0.138. The van der Waals surface area contributed by atoms with E-state index in [4.69, 9.17) is 5.26 Å². The van der Waals surface area contributed by atoms with Gasteiger partial charge in [-0.2, -0.15) is 15.6 Å². The summed E-state index contributed by atoms with van der Waals surface area (Å²) in [6.07, 6.45) is 3.18. The van der Waals surface area contributed by atoms with Crippen molar-refractivity contribution >= 4 is 22.9 Å². The van der Waals surface area contributed by atoms with Crippen molar-refractivity contribution in [2.45, 2.75) is 18.8 Å². The molecule has 1 aromatic carbocycles. The van der Waals surface area contributed by atoms with E-state index >= 15 is 4.39 Å². The van der Waals surface area contributed by atoms with E-state index in [-0.39, 0.29) is 29.2 Å². The number of anilines is 1. The predicted octanol–water partition coefficient (Wildman–Crippen LogP) is 2.34. The molecule has 1 atom stereocenters. The fourth-order valence-corrected chi connectivity index (χ4v) is 4.16. The van der Waals surface area contributed by atoms with E-state index in [9.17, 15) is 9.18 Å². The van der Waals surface area contributed by atoms with Crippen LogP contribution in [0.4, 0.5) is 14.5 Å². The summed E-state index contributed by atoms with van der Waals surface area (Å²) in [6.45, 7) is 1.77.